The van der Waals surface area contributed by atoms with Gasteiger partial charge < -0.3 is 25.8 Å². The van der Waals surface area contributed by atoms with Crippen LogP contribution in [0.5, 0.6) is 0 Å². The fraction of sp³-hybridized carbons (Fsp3) is 0.419. The largest absolute Gasteiger partial charge is 0.453 e. The van der Waals surface area contributed by atoms with Gasteiger partial charge in [-0.1, -0.05) is 95.3 Å². The molecule has 2 aromatic carbocycles. The fourth-order valence-electron chi connectivity index (χ4n) is 6.05. The standard InChI is InChI=1S/C43H58N6O6/c1-9-12-31-13-15-32(16-14-31)28-43(54,40(52)46-36(30(3)4)38(50)45-24-10-2)23-11-27-49(48-39(51)37(42(5,6)7)47-41(53)55-8)29-33-17-19-34(20-18-33)35-21-25-44-26-22-35/h9-10,13-22,25-26,30,36-37,54H,1-2,11-12,23-24,27-29H2,3-8H3,(H,45,50)(H,46,52)(H,47,53)(H,48,51). The number of hydrazine groups is 1. The average molecular weight is 755 g/mol. The zero-order chi connectivity index (χ0) is 40.6. The molecule has 3 atom stereocenters. The number of ether oxygens (including phenoxy) is 1. The third-order valence-corrected chi connectivity index (χ3v) is 9.18. The highest BCUT2D eigenvalue weighted by molar-refractivity contribution is 5.91. The van der Waals surface area contributed by atoms with Crippen LogP contribution in [0, 0.1) is 11.3 Å². The topological polar surface area (TPSA) is 162 Å². The molecule has 0 aliphatic carbocycles. The van der Waals surface area contributed by atoms with Crippen LogP contribution in [-0.2, 0) is 38.5 Å². The maximum Gasteiger partial charge on any atom is 0.407 e. The number of aliphatic hydroxyl groups is 1. The Morgan fingerprint density at radius 3 is 2.02 bits per heavy atom. The first kappa shape index (κ1) is 44.1. The van der Waals surface area contributed by atoms with Gasteiger partial charge in [-0.05, 0) is 70.5 Å². The first-order valence-corrected chi connectivity index (χ1v) is 18.6. The summed E-state index contributed by atoms with van der Waals surface area (Å²) in [7, 11) is 1.24. The number of hydrogen-bond donors (Lipinski definition) is 5. The predicted molar refractivity (Wildman–Crippen MR) is 215 cm³/mol. The molecule has 0 aliphatic heterocycles. The number of amides is 4. The van der Waals surface area contributed by atoms with Crippen molar-refractivity contribution in [3.63, 3.8) is 0 Å². The Morgan fingerprint density at radius 1 is 0.855 bits per heavy atom. The second-order valence-electron chi connectivity index (χ2n) is 15.1. The van der Waals surface area contributed by atoms with E-state index in [1.54, 1.807) is 29.6 Å². The van der Waals surface area contributed by atoms with Crippen LogP contribution in [0.2, 0.25) is 0 Å². The molecule has 0 bridgehead atoms. The lowest BCUT2D eigenvalue weighted by Gasteiger charge is -2.34. The van der Waals surface area contributed by atoms with Crippen molar-refractivity contribution in [2.24, 2.45) is 11.3 Å². The van der Waals surface area contributed by atoms with E-state index < -0.39 is 41.0 Å². The minimum absolute atomic E-state index is 0.00277. The summed E-state index contributed by atoms with van der Waals surface area (Å²) in [4.78, 5) is 57.2. The van der Waals surface area contributed by atoms with Gasteiger partial charge in [-0.3, -0.25) is 24.8 Å². The van der Waals surface area contributed by atoms with E-state index in [1.165, 1.54) is 7.11 Å². The SMILES string of the molecule is C=CCNC(=O)C(NC(=O)C(O)(CCCN(Cc1ccc(-c2ccncc2)cc1)NC(=O)C(NC(=O)OC)C(C)(C)C)Cc1ccc(CC=C)cc1)C(C)C. The quantitative estimate of drug-likeness (QED) is 0.0770. The first-order valence-electron chi connectivity index (χ1n) is 18.6. The van der Waals surface area contributed by atoms with E-state index in [1.807, 2.05) is 95.3 Å². The molecule has 0 radical (unpaired) electrons. The summed E-state index contributed by atoms with van der Waals surface area (Å²) in [5, 5.41) is 22.1. The van der Waals surface area contributed by atoms with Crippen LogP contribution >= 0.6 is 0 Å². The number of aromatic nitrogens is 1. The zero-order valence-corrected chi connectivity index (χ0v) is 33.1. The van der Waals surface area contributed by atoms with E-state index in [4.69, 9.17) is 4.74 Å². The highest BCUT2D eigenvalue weighted by atomic mass is 16.5. The Balaban J connectivity index is 1.91. The Bertz CT molecular complexity index is 1720. The predicted octanol–water partition coefficient (Wildman–Crippen LogP) is 5.28. The van der Waals surface area contributed by atoms with Crippen molar-refractivity contribution in [1.82, 2.24) is 31.4 Å². The van der Waals surface area contributed by atoms with Crippen LogP contribution in [-0.4, -0.2) is 76.8 Å². The number of methoxy groups -OCH3 is 1. The van der Waals surface area contributed by atoms with Crippen molar-refractivity contribution in [3.05, 3.63) is 115 Å². The molecule has 12 heteroatoms. The van der Waals surface area contributed by atoms with Crippen molar-refractivity contribution >= 4 is 23.8 Å². The van der Waals surface area contributed by atoms with Crippen LogP contribution in [0.4, 0.5) is 4.79 Å². The number of nitrogens with zero attached hydrogens (tertiary/aromatic N) is 2. The molecule has 55 heavy (non-hydrogen) atoms. The molecular formula is C43H58N6O6. The van der Waals surface area contributed by atoms with Gasteiger partial charge in [0.2, 0.25) is 5.91 Å². The minimum Gasteiger partial charge on any atom is -0.453 e. The zero-order valence-electron chi connectivity index (χ0n) is 33.1. The molecule has 5 N–H and O–H groups in total. The summed E-state index contributed by atoms with van der Waals surface area (Å²) >= 11 is 0. The van der Waals surface area contributed by atoms with E-state index >= 15 is 0 Å². The van der Waals surface area contributed by atoms with Crippen LogP contribution < -0.4 is 21.4 Å². The monoisotopic (exact) mass is 754 g/mol. The highest BCUT2D eigenvalue weighted by Gasteiger charge is 2.39. The number of carbonyl (C=O) groups is 4. The normalized spacial score (nSPS) is 13.5. The number of alkyl carbamates (subject to hydrolysis) is 1. The highest BCUT2D eigenvalue weighted by Crippen LogP contribution is 2.24. The van der Waals surface area contributed by atoms with Gasteiger partial charge in [-0.15, -0.1) is 13.2 Å². The average Bonchev–Trinajstić information content (AvgIpc) is 3.15. The fourth-order valence-corrected chi connectivity index (χ4v) is 6.05. The molecule has 3 aromatic rings. The van der Waals surface area contributed by atoms with Gasteiger partial charge in [0.25, 0.3) is 11.8 Å². The van der Waals surface area contributed by atoms with Gasteiger partial charge in [0.15, 0.2) is 0 Å². The van der Waals surface area contributed by atoms with Crippen molar-refractivity contribution in [2.45, 2.75) is 84.5 Å². The van der Waals surface area contributed by atoms with Crippen molar-refractivity contribution in [1.29, 1.82) is 0 Å². The summed E-state index contributed by atoms with van der Waals surface area (Å²) in [6.07, 6.45) is 7.03. The number of hydrogen-bond acceptors (Lipinski definition) is 8. The third kappa shape index (κ3) is 13.8. The smallest absolute Gasteiger partial charge is 0.407 e. The number of benzene rings is 2. The number of carbonyl (C=O) groups excluding carboxylic acids is 4. The summed E-state index contributed by atoms with van der Waals surface area (Å²) in [6.45, 7) is 17.3. The molecule has 4 amide bonds. The first-order chi connectivity index (χ1) is 26.1. The Kier molecular flexibility index (Phi) is 16.8. The summed E-state index contributed by atoms with van der Waals surface area (Å²) in [5.74, 6) is -1.77. The van der Waals surface area contributed by atoms with E-state index in [0.717, 1.165) is 27.8 Å². The lowest BCUT2D eigenvalue weighted by atomic mass is 9.86. The van der Waals surface area contributed by atoms with Gasteiger partial charge in [0.1, 0.15) is 17.7 Å². The number of allylic oxidation sites excluding steroid dienone is 1. The molecule has 0 aliphatic rings. The van der Waals surface area contributed by atoms with E-state index in [-0.39, 0.29) is 50.7 Å². The second-order valence-corrected chi connectivity index (χ2v) is 15.1. The van der Waals surface area contributed by atoms with Gasteiger partial charge in [-0.25, -0.2) is 9.80 Å². The van der Waals surface area contributed by atoms with E-state index in [2.05, 4.69) is 39.5 Å². The van der Waals surface area contributed by atoms with E-state index in [0.29, 0.717) is 6.42 Å². The van der Waals surface area contributed by atoms with Gasteiger partial charge in [0.05, 0.1) is 7.11 Å². The molecule has 3 rings (SSSR count). The molecule has 0 saturated heterocycles. The van der Waals surface area contributed by atoms with Gasteiger partial charge in [-0.2, -0.15) is 0 Å². The lowest BCUT2D eigenvalue weighted by Crippen LogP contribution is -2.58. The van der Waals surface area contributed by atoms with Crippen LogP contribution in [0.1, 0.15) is 64.2 Å². The summed E-state index contributed by atoms with van der Waals surface area (Å²) in [5.41, 5.74) is 5.09. The molecule has 296 valence electrons. The van der Waals surface area contributed by atoms with Crippen molar-refractivity contribution < 1.29 is 29.0 Å². The van der Waals surface area contributed by atoms with Gasteiger partial charge >= 0.3 is 6.09 Å². The number of pyridine rings is 1. The van der Waals surface area contributed by atoms with Crippen molar-refractivity contribution in [2.75, 3.05) is 20.2 Å². The van der Waals surface area contributed by atoms with Crippen LogP contribution in [0.25, 0.3) is 11.1 Å². The molecule has 0 saturated carbocycles. The summed E-state index contributed by atoms with van der Waals surface area (Å²) in [6, 6.07) is 17.5. The molecule has 0 fully saturated rings. The molecule has 0 spiro atoms. The summed E-state index contributed by atoms with van der Waals surface area (Å²) < 4.78 is 4.80. The Morgan fingerprint density at radius 2 is 1.45 bits per heavy atom. The third-order valence-electron chi connectivity index (χ3n) is 9.18. The molecule has 12 nitrogen and oxygen atoms in total. The lowest BCUT2D eigenvalue weighted by molar-refractivity contribution is -0.144. The molecule has 1 heterocycles. The maximum absolute atomic E-state index is 14.0. The van der Waals surface area contributed by atoms with Crippen LogP contribution in [0.3, 0.4) is 0 Å². The Hall–Kier alpha value is -5.33. The Labute approximate surface area is 325 Å². The number of rotatable bonds is 20. The number of nitrogens with one attached hydrogen (secondary N) is 4. The van der Waals surface area contributed by atoms with E-state index in [9.17, 15) is 24.3 Å². The molecule has 1 aromatic heterocycles. The molecular weight excluding hydrogens is 697 g/mol. The van der Waals surface area contributed by atoms with Crippen LogP contribution in [0.15, 0.2) is 98.4 Å². The molecule has 3 unspecified atom stereocenters. The minimum atomic E-state index is -1.91. The van der Waals surface area contributed by atoms with Crippen molar-refractivity contribution in [3.8, 4) is 11.1 Å². The maximum atomic E-state index is 14.0. The van der Waals surface area contributed by atoms with Gasteiger partial charge in [0, 0.05) is 38.4 Å². The second kappa shape index (κ2) is 20.9.